The summed E-state index contributed by atoms with van der Waals surface area (Å²) in [6.45, 7) is 2.29. The van der Waals surface area contributed by atoms with E-state index in [0.29, 0.717) is 15.0 Å². The molecule has 0 saturated carbocycles. The average Bonchev–Trinajstić information content (AvgIpc) is 3.21. The van der Waals surface area contributed by atoms with Crippen LogP contribution in [0.1, 0.15) is 84.0 Å². The van der Waals surface area contributed by atoms with Gasteiger partial charge in [0.25, 0.3) is 0 Å². The van der Waals surface area contributed by atoms with E-state index in [0.717, 1.165) is 0 Å². The summed E-state index contributed by atoms with van der Waals surface area (Å²) in [4.78, 5) is 0. The second-order valence-electron chi connectivity index (χ2n) is 7.27. The van der Waals surface area contributed by atoms with E-state index in [9.17, 15) is 0 Å². The van der Waals surface area contributed by atoms with Gasteiger partial charge in [0.15, 0.2) is 0 Å². The molecule has 0 amide bonds. The molecule has 0 aliphatic carbocycles. The summed E-state index contributed by atoms with van der Waals surface area (Å²) < 4.78 is 1.56. The molecule has 0 aliphatic heterocycles. The molecular weight excluding hydrogens is 399 g/mol. The van der Waals surface area contributed by atoms with Gasteiger partial charge in [0.1, 0.15) is 0 Å². The molecule has 2 heteroatoms. The topological polar surface area (TPSA) is 0 Å². The van der Waals surface area contributed by atoms with Crippen molar-refractivity contribution in [2.45, 2.75) is 89.3 Å². The molecule has 0 bridgehead atoms. The Morgan fingerprint density at radius 1 is 0.654 bits per heavy atom. The molecular formula is C24H36SSe. The maximum atomic E-state index is 2.34. The van der Waals surface area contributed by atoms with E-state index in [2.05, 4.69) is 48.0 Å². The Morgan fingerprint density at radius 3 is 1.77 bits per heavy atom. The predicted octanol–water partition coefficient (Wildman–Crippen LogP) is 7.86. The van der Waals surface area contributed by atoms with Gasteiger partial charge in [-0.1, -0.05) is 13.3 Å². The van der Waals surface area contributed by atoms with Crippen LogP contribution in [0.5, 0.6) is 0 Å². The van der Waals surface area contributed by atoms with Gasteiger partial charge in [-0.3, -0.25) is 0 Å². The normalized spacial score (nSPS) is 11.1. The summed E-state index contributed by atoms with van der Waals surface area (Å²) in [7, 11) is 0. The fraction of sp³-hybridized carbons (Fsp3) is 0.583. The number of rotatable bonds is 15. The van der Waals surface area contributed by atoms with Crippen LogP contribution in [-0.4, -0.2) is 15.0 Å². The Balaban J connectivity index is 1.41. The van der Waals surface area contributed by atoms with Gasteiger partial charge in [-0.05, 0) is 0 Å². The van der Waals surface area contributed by atoms with E-state index in [1.807, 2.05) is 0 Å². The van der Waals surface area contributed by atoms with Gasteiger partial charge in [0.2, 0.25) is 0 Å². The SMILES string of the molecule is CCCCCCCCCCCCCC[Se]c1ccc(-c2ccsc2)cc1. The monoisotopic (exact) mass is 436 g/mol. The fourth-order valence-corrected chi connectivity index (χ4v) is 5.89. The molecule has 144 valence electrons. The quantitative estimate of drug-likeness (QED) is 0.197. The van der Waals surface area contributed by atoms with Crippen LogP contribution < -0.4 is 4.46 Å². The molecule has 0 fully saturated rings. The van der Waals surface area contributed by atoms with Crippen LogP contribution in [-0.2, 0) is 0 Å². The molecule has 0 radical (unpaired) electrons. The van der Waals surface area contributed by atoms with Crippen molar-refractivity contribution in [3.8, 4) is 11.1 Å². The number of thiophene rings is 1. The number of benzene rings is 1. The molecule has 2 rings (SSSR count). The third-order valence-corrected chi connectivity index (χ3v) is 7.96. The van der Waals surface area contributed by atoms with E-state index in [-0.39, 0.29) is 0 Å². The van der Waals surface area contributed by atoms with Crippen LogP contribution in [0.25, 0.3) is 11.1 Å². The van der Waals surface area contributed by atoms with Crippen LogP contribution in [0.2, 0.25) is 5.32 Å². The minimum absolute atomic E-state index is 0.658. The van der Waals surface area contributed by atoms with Gasteiger partial charge < -0.3 is 0 Å². The van der Waals surface area contributed by atoms with Gasteiger partial charge in [0, 0.05) is 0 Å². The van der Waals surface area contributed by atoms with Crippen LogP contribution in [0.3, 0.4) is 0 Å². The Hall–Kier alpha value is -0.561. The molecule has 0 saturated heterocycles. The van der Waals surface area contributed by atoms with E-state index in [1.165, 1.54) is 93.5 Å². The molecule has 0 unspecified atom stereocenters. The number of hydrogen-bond acceptors (Lipinski definition) is 1. The Bertz CT molecular complexity index is 544. The summed E-state index contributed by atoms with van der Waals surface area (Å²) in [5.74, 6) is 0. The zero-order valence-corrected chi connectivity index (χ0v) is 19.1. The van der Waals surface area contributed by atoms with Crippen LogP contribution >= 0.6 is 11.3 Å². The zero-order chi connectivity index (χ0) is 18.3. The van der Waals surface area contributed by atoms with E-state index in [1.54, 1.807) is 15.8 Å². The Morgan fingerprint density at radius 2 is 1.23 bits per heavy atom. The molecule has 1 aromatic heterocycles. The number of hydrogen-bond donors (Lipinski definition) is 0. The Kier molecular flexibility index (Phi) is 12.1. The molecule has 0 spiro atoms. The van der Waals surface area contributed by atoms with Crippen LogP contribution in [0.15, 0.2) is 41.1 Å². The molecule has 0 N–H and O–H groups in total. The third-order valence-electron chi connectivity index (χ3n) is 4.98. The summed E-state index contributed by atoms with van der Waals surface area (Å²) in [6.07, 6.45) is 17.3. The molecule has 26 heavy (non-hydrogen) atoms. The fourth-order valence-electron chi connectivity index (χ4n) is 3.31. The van der Waals surface area contributed by atoms with Crippen molar-refractivity contribution < 1.29 is 0 Å². The van der Waals surface area contributed by atoms with Crippen molar-refractivity contribution in [3.05, 3.63) is 41.1 Å². The van der Waals surface area contributed by atoms with Crippen molar-refractivity contribution in [2.75, 3.05) is 0 Å². The summed E-state index contributed by atoms with van der Waals surface area (Å²) in [5, 5.41) is 5.79. The zero-order valence-electron chi connectivity index (χ0n) is 16.6. The second-order valence-corrected chi connectivity index (χ2v) is 10.5. The maximum absolute atomic E-state index is 2.34. The number of unbranched alkanes of at least 4 members (excludes halogenated alkanes) is 11. The standard InChI is InChI=1S/C24H36SSe/c1-2-3-4-5-6-7-8-9-10-11-12-13-20-26-24-16-14-22(15-17-24)23-18-19-25-21-23/h14-19,21H,2-13,20H2,1H3. The summed E-state index contributed by atoms with van der Waals surface area (Å²) in [5.41, 5.74) is 2.71. The Labute approximate surface area is 172 Å². The predicted molar refractivity (Wildman–Crippen MR) is 121 cm³/mol. The molecule has 1 aromatic carbocycles. The van der Waals surface area contributed by atoms with Gasteiger partial charge in [-0.15, -0.1) is 0 Å². The van der Waals surface area contributed by atoms with Gasteiger partial charge in [-0.25, -0.2) is 0 Å². The van der Waals surface area contributed by atoms with Crippen molar-refractivity contribution in [3.63, 3.8) is 0 Å². The van der Waals surface area contributed by atoms with E-state index < -0.39 is 0 Å². The minimum atomic E-state index is 0.658. The second kappa shape index (κ2) is 14.5. The van der Waals surface area contributed by atoms with E-state index in [4.69, 9.17) is 0 Å². The van der Waals surface area contributed by atoms with Crippen molar-refractivity contribution >= 4 is 30.8 Å². The first-order valence-corrected chi connectivity index (χ1v) is 13.7. The molecule has 0 atom stereocenters. The molecule has 1 heterocycles. The molecule has 2 aromatic rings. The molecule has 0 nitrogen and oxygen atoms in total. The average molecular weight is 436 g/mol. The van der Waals surface area contributed by atoms with Gasteiger partial charge >= 0.3 is 159 Å². The van der Waals surface area contributed by atoms with Crippen LogP contribution in [0, 0.1) is 0 Å². The van der Waals surface area contributed by atoms with Crippen molar-refractivity contribution in [2.24, 2.45) is 0 Å². The van der Waals surface area contributed by atoms with Gasteiger partial charge in [-0.2, -0.15) is 0 Å². The summed E-state index contributed by atoms with van der Waals surface area (Å²) >= 11 is 2.43. The summed E-state index contributed by atoms with van der Waals surface area (Å²) in [6, 6.07) is 11.5. The molecule has 0 aliphatic rings. The third kappa shape index (κ3) is 9.40. The van der Waals surface area contributed by atoms with Crippen molar-refractivity contribution in [1.82, 2.24) is 0 Å². The first-order valence-electron chi connectivity index (χ1n) is 10.7. The van der Waals surface area contributed by atoms with Crippen LogP contribution in [0.4, 0.5) is 0 Å². The first-order chi connectivity index (χ1) is 12.9. The van der Waals surface area contributed by atoms with Gasteiger partial charge in [0.05, 0.1) is 0 Å². The van der Waals surface area contributed by atoms with Crippen molar-refractivity contribution in [1.29, 1.82) is 0 Å². The first kappa shape index (κ1) is 21.7. The van der Waals surface area contributed by atoms with E-state index >= 15 is 0 Å².